The monoisotopic (exact) mass is 354 g/mol. The van der Waals surface area contributed by atoms with Crippen LogP contribution in [0.4, 0.5) is 15.8 Å². The van der Waals surface area contributed by atoms with E-state index in [-0.39, 0.29) is 5.75 Å². The minimum absolute atomic E-state index is 0.209. The molecule has 20 heavy (non-hydrogen) atoms. The molecule has 0 radical (unpaired) electrons. The van der Waals surface area contributed by atoms with Crippen molar-refractivity contribution in [3.05, 3.63) is 52.3 Å². The number of thiocarbonyl (C=S) groups is 1. The van der Waals surface area contributed by atoms with Gasteiger partial charge in [-0.05, 0) is 46.3 Å². The van der Waals surface area contributed by atoms with Crippen molar-refractivity contribution < 1.29 is 9.13 Å². The Hall–Kier alpha value is -1.66. The molecule has 0 aromatic heterocycles. The van der Waals surface area contributed by atoms with Gasteiger partial charge in [0, 0.05) is 27.5 Å². The maximum Gasteiger partial charge on any atom is 0.167 e. The van der Waals surface area contributed by atoms with Crippen molar-refractivity contribution >= 4 is 44.5 Å². The molecule has 0 spiro atoms. The number of rotatable bonds is 4. The molecule has 0 unspecified atom stereocenters. The van der Waals surface area contributed by atoms with Crippen LogP contribution in [0.3, 0.4) is 0 Å². The Morgan fingerprint density at radius 1 is 1.25 bits per heavy atom. The van der Waals surface area contributed by atoms with Crippen LogP contribution in [-0.2, 0) is 0 Å². The topological polar surface area (TPSA) is 47.3 Å². The zero-order chi connectivity index (χ0) is 14.7. The molecule has 0 bridgehead atoms. The van der Waals surface area contributed by atoms with Crippen molar-refractivity contribution in [3.63, 3.8) is 0 Å². The van der Waals surface area contributed by atoms with Gasteiger partial charge in [0.25, 0.3) is 0 Å². The van der Waals surface area contributed by atoms with E-state index in [2.05, 4.69) is 21.2 Å². The molecule has 3 N–H and O–H groups in total. The van der Waals surface area contributed by atoms with Gasteiger partial charge in [-0.15, -0.1) is 0 Å². The molecular weight excluding hydrogens is 343 g/mol. The van der Waals surface area contributed by atoms with E-state index in [4.69, 9.17) is 22.7 Å². The van der Waals surface area contributed by atoms with E-state index < -0.39 is 5.82 Å². The second-order valence-electron chi connectivity index (χ2n) is 4.03. The number of hydrogen-bond acceptors (Lipinski definition) is 3. The highest BCUT2D eigenvalue weighted by molar-refractivity contribution is 9.10. The summed E-state index contributed by atoms with van der Waals surface area (Å²) >= 11 is 8.33. The third-order valence-corrected chi connectivity index (χ3v) is 3.55. The molecule has 0 atom stereocenters. The second-order valence-corrected chi connectivity index (χ2v) is 5.33. The van der Waals surface area contributed by atoms with Crippen molar-refractivity contribution in [2.45, 2.75) is 0 Å². The number of halogens is 2. The van der Waals surface area contributed by atoms with Crippen LogP contribution >= 0.6 is 28.1 Å². The van der Waals surface area contributed by atoms with Gasteiger partial charge in [-0.25, -0.2) is 4.39 Å². The molecule has 104 valence electrons. The van der Waals surface area contributed by atoms with Gasteiger partial charge in [-0.2, -0.15) is 0 Å². The minimum atomic E-state index is -0.420. The van der Waals surface area contributed by atoms with Crippen LogP contribution in [0.2, 0.25) is 0 Å². The Labute approximate surface area is 130 Å². The SMILES string of the molecule is COc1ccc(Nc2ccc(C(N)=S)c(Br)c2)cc1F. The summed E-state index contributed by atoms with van der Waals surface area (Å²) in [5.74, 6) is -0.211. The first-order valence-corrected chi connectivity index (χ1v) is 6.91. The maximum absolute atomic E-state index is 13.6. The van der Waals surface area contributed by atoms with Crippen molar-refractivity contribution in [2.75, 3.05) is 12.4 Å². The number of methoxy groups -OCH3 is 1. The molecule has 2 aromatic rings. The first-order valence-electron chi connectivity index (χ1n) is 5.71. The lowest BCUT2D eigenvalue weighted by Crippen LogP contribution is -2.10. The van der Waals surface area contributed by atoms with Crippen LogP contribution in [0, 0.1) is 5.82 Å². The fraction of sp³-hybridized carbons (Fsp3) is 0.0714. The standard InChI is InChI=1S/C14H12BrFN2OS/c1-19-13-5-3-9(7-12(13)16)18-8-2-4-10(14(17)20)11(15)6-8/h2-7,18H,1H3,(H2,17,20). The Balaban J connectivity index is 2.24. The molecule has 0 amide bonds. The third-order valence-electron chi connectivity index (χ3n) is 2.68. The summed E-state index contributed by atoms with van der Waals surface area (Å²) in [7, 11) is 1.43. The molecule has 6 heteroatoms. The molecule has 2 rings (SSSR count). The number of ether oxygens (including phenoxy) is 1. The fourth-order valence-corrected chi connectivity index (χ4v) is 2.61. The number of anilines is 2. The van der Waals surface area contributed by atoms with E-state index in [1.165, 1.54) is 13.2 Å². The highest BCUT2D eigenvalue weighted by Gasteiger charge is 2.06. The molecule has 0 saturated carbocycles. The predicted octanol–water partition coefficient (Wildman–Crippen LogP) is 3.97. The Bertz CT molecular complexity index is 664. The van der Waals surface area contributed by atoms with Gasteiger partial charge in [-0.3, -0.25) is 0 Å². The second kappa shape index (κ2) is 6.19. The van der Waals surface area contributed by atoms with Gasteiger partial charge in [0.1, 0.15) is 4.99 Å². The van der Waals surface area contributed by atoms with E-state index in [0.29, 0.717) is 10.7 Å². The number of nitrogens with one attached hydrogen (secondary N) is 1. The van der Waals surface area contributed by atoms with Crippen LogP contribution in [-0.4, -0.2) is 12.1 Å². The summed E-state index contributed by atoms with van der Waals surface area (Å²) in [6.07, 6.45) is 0. The molecule has 0 saturated heterocycles. The zero-order valence-corrected chi connectivity index (χ0v) is 13.0. The molecule has 0 aliphatic carbocycles. The van der Waals surface area contributed by atoms with Gasteiger partial charge in [0.15, 0.2) is 11.6 Å². The lowest BCUT2D eigenvalue weighted by molar-refractivity contribution is 0.386. The maximum atomic E-state index is 13.6. The molecule has 0 fully saturated rings. The highest BCUT2D eigenvalue weighted by Crippen LogP contribution is 2.26. The van der Waals surface area contributed by atoms with E-state index in [9.17, 15) is 4.39 Å². The lowest BCUT2D eigenvalue weighted by atomic mass is 10.2. The van der Waals surface area contributed by atoms with E-state index in [0.717, 1.165) is 15.7 Å². The molecular formula is C14H12BrFN2OS. The molecule has 0 aliphatic heterocycles. The van der Waals surface area contributed by atoms with E-state index in [1.54, 1.807) is 18.2 Å². The first-order chi connectivity index (χ1) is 9.51. The van der Waals surface area contributed by atoms with Gasteiger partial charge < -0.3 is 15.8 Å². The smallest absolute Gasteiger partial charge is 0.167 e. The average Bonchev–Trinajstić information content (AvgIpc) is 2.38. The Morgan fingerprint density at radius 3 is 2.45 bits per heavy atom. The number of benzene rings is 2. The lowest BCUT2D eigenvalue weighted by Gasteiger charge is -2.10. The molecule has 3 nitrogen and oxygen atoms in total. The average molecular weight is 355 g/mol. The molecule has 2 aromatic carbocycles. The molecule has 0 heterocycles. The van der Waals surface area contributed by atoms with Crippen molar-refractivity contribution in [2.24, 2.45) is 5.73 Å². The van der Waals surface area contributed by atoms with Gasteiger partial charge >= 0.3 is 0 Å². The summed E-state index contributed by atoms with van der Waals surface area (Å²) in [5.41, 5.74) is 7.76. The summed E-state index contributed by atoms with van der Waals surface area (Å²) in [6.45, 7) is 0. The van der Waals surface area contributed by atoms with Crippen molar-refractivity contribution in [1.29, 1.82) is 0 Å². The Kier molecular flexibility index (Phi) is 4.57. The summed E-state index contributed by atoms with van der Waals surface area (Å²) < 4.78 is 19.2. The predicted molar refractivity (Wildman–Crippen MR) is 86.3 cm³/mol. The summed E-state index contributed by atoms with van der Waals surface area (Å²) in [6, 6.07) is 10.1. The minimum Gasteiger partial charge on any atom is -0.494 e. The first kappa shape index (κ1) is 14.7. The number of hydrogen-bond donors (Lipinski definition) is 2. The van der Waals surface area contributed by atoms with Crippen LogP contribution in [0.25, 0.3) is 0 Å². The fourth-order valence-electron chi connectivity index (χ4n) is 1.70. The molecule has 0 aliphatic rings. The third kappa shape index (κ3) is 3.26. The largest absolute Gasteiger partial charge is 0.494 e. The van der Waals surface area contributed by atoms with Gasteiger partial charge in [0.2, 0.25) is 0 Å². The van der Waals surface area contributed by atoms with Gasteiger partial charge in [-0.1, -0.05) is 12.2 Å². The highest BCUT2D eigenvalue weighted by atomic mass is 79.9. The van der Waals surface area contributed by atoms with Crippen molar-refractivity contribution in [3.8, 4) is 5.75 Å². The van der Waals surface area contributed by atoms with Gasteiger partial charge in [0.05, 0.1) is 7.11 Å². The van der Waals surface area contributed by atoms with Crippen LogP contribution < -0.4 is 15.8 Å². The normalized spacial score (nSPS) is 10.2. The summed E-state index contributed by atoms with van der Waals surface area (Å²) in [4.78, 5) is 0.318. The Morgan fingerprint density at radius 2 is 1.90 bits per heavy atom. The van der Waals surface area contributed by atoms with Crippen LogP contribution in [0.15, 0.2) is 40.9 Å². The quantitative estimate of drug-likeness (QED) is 0.815. The van der Waals surface area contributed by atoms with Crippen molar-refractivity contribution in [1.82, 2.24) is 0 Å². The summed E-state index contributed by atoms with van der Waals surface area (Å²) in [5, 5.41) is 3.09. The van der Waals surface area contributed by atoms with E-state index in [1.807, 2.05) is 12.1 Å². The van der Waals surface area contributed by atoms with E-state index >= 15 is 0 Å². The van der Waals surface area contributed by atoms with Crippen LogP contribution in [0.1, 0.15) is 5.56 Å². The zero-order valence-electron chi connectivity index (χ0n) is 10.6. The number of nitrogens with two attached hydrogens (primary N) is 1. The van der Waals surface area contributed by atoms with Crippen LogP contribution in [0.5, 0.6) is 5.75 Å².